The number of halogens is 1. The van der Waals surface area contributed by atoms with Crippen LogP contribution in [0.2, 0.25) is 0 Å². The van der Waals surface area contributed by atoms with Gasteiger partial charge in [0.2, 0.25) is 0 Å². The number of aromatic amines is 1. The van der Waals surface area contributed by atoms with Crippen molar-refractivity contribution in [3.8, 4) is 17.0 Å². The van der Waals surface area contributed by atoms with Crippen LogP contribution in [0, 0.1) is 6.92 Å². The van der Waals surface area contributed by atoms with Crippen molar-refractivity contribution in [1.82, 2.24) is 14.9 Å². The number of aromatic nitrogens is 2. The van der Waals surface area contributed by atoms with E-state index in [-0.39, 0.29) is 12.4 Å². The van der Waals surface area contributed by atoms with Gasteiger partial charge in [-0.05, 0) is 37.7 Å². The number of benzene rings is 1. The van der Waals surface area contributed by atoms with Gasteiger partial charge in [0.1, 0.15) is 5.75 Å². The normalized spacial score (nSPS) is 15.6. The molecule has 1 aromatic carbocycles. The molecule has 0 fully saturated rings. The second-order valence-electron chi connectivity index (χ2n) is 6.69. The van der Waals surface area contributed by atoms with Gasteiger partial charge in [0.05, 0.1) is 5.69 Å². The van der Waals surface area contributed by atoms with Gasteiger partial charge in [-0.2, -0.15) is 0 Å². The van der Waals surface area contributed by atoms with Crippen LogP contribution in [0.5, 0.6) is 5.75 Å². The predicted octanol–water partition coefficient (Wildman–Crippen LogP) is 2.27. The first-order chi connectivity index (χ1) is 12.4. The Morgan fingerprint density at radius 3 is 2.74 bits per heavy atom. The monoisotopic (exact) mass is 389 g/mol. The molecule has 0 aliphatic carbocycles. The largest absolute Gasteiger partial charge is 0.506 e. The highest BCUT2D eigenvalue weighted by molar-refractivity contribution is 5.92. The average Bonchev–Trinajstić information content (AvgIpc) is 3.14. The number of nitrogens with one attached hydrogen (secondary N) is 2. The number of hydrogen-bond acceptors (Lipinski definition) is 4. The summed E-state index contributed by atoms with van der Waals surface area (Å²) in [6.07, 6.45) is 0.963. The summed E-state index contributed by atoms with van der Waals surface area (Å²) < 4.78 is 2.28. The molecule has 1 aliphatic rings. The van der Waals surface area contributed by atoms with Gasteiger partial charge in [0, 0.05) is 41.2 Å². The van der Waals surface area contributed by atoms with E-state index >= 15 is 0 Å². The Balaban J connectivity index is 0.00000210. The second-order valence-corrected chi connectivity index (χ2v) is 6.69. The summed E-state index contributed by atoms with van der Waals surface area (Å²) in [5, 5.41) is 23.6. The molecular formula is C19H20ClN3O4. The Kier molecular flexibility index (Phi) is 4.75. The first-order valence-corrected chi connectivity index (χ1v) is 8.39. The number of aromatic carboxylic acids is 1. The zero-order valence-electron chi connectivity index (χ0n) is 14.9. The van der Waals surface area contributed by atoms with Crippen molar-refractivity contribution in [2.45, 2.75) is 25.9 Å². The van der Waals surface area contributed by atoms with Crippen molar-refractivity contribution in [3.63, 3.8) is 0 Å². The van der Waals surface area contributed by atoms with Gasteiger partial charge in [0.15, 0.2) is 5.56 Å². The second kappa shape index (κ2) is 6.75. The third kappa shape index (κ3) is 2.89. The van der Waals surface area contributed by atoms with Gasteiger partial charge in [-0.3, -0.25) is 4.79 Å². The Morgan fingerprint density at radius 1 is 1.33 bits per heavy atom. The highest BCUT2D eigenvalue weighted by Crippen LogP contribution is 2.32. The van der Waals surface area contributed by atoms with E-state index in [1.54, 1.807) is 6.92 Å². The molecule has 4 rings (SSSR count). The summed E-state index contributed by atoms with van der Waals surface area (Å²) in [5.74, 6) is -1.94. The molecule has 27 heavy (non-hydrogen) atoms. The van der Waals surface area contributed by atoms with E-state index < -0.39 is 22.8 Å². The highest BCUT2D eigenvalue weighted by atomic mass is 35.5. The summed E-state index contributed by atoms with van der Waals surface area (Å²) >= 11 is 0. The molecule has 8 heteroatoms. The van der Waals surface area contributed by atoms with Crippen molar-refractivity contribution in [2.24, 2.45) is 0 Å². The molecule has 0 amide bonds. The van der Waals surface area contributed by atoms with Gasteiger partial charge in [-0.1, -0.05) is 6.07 Å². The number of hydrogen-bond donors (Lipinski definition) is 4. The first kappa shape index (κ1) is 19.0. The molecule has 1 aliphatic heterocycles. The summed E-state index contributed by atoms with van der Waals surface area (Å²) in [6.45, 7) is 2.51. The predicted molar refractivity (Wildman–Crippen MR) is 105 cm³/mol. The van der Waals surface area contributed by atoms with Gasteiger partial charge < -0.3 is 25.1 Å². The third-order valence-corrected chi connectivity index (χ3v) is 5.19. The van der Waals surface area contributed by atoms with Crippen molar-refractivity contribution in [2.75, 3.05) is 7.05 Å². The Bertz CT molecular complexity index is 1120. The Hall–Kier alpha value is -2.77. The molecule has 1 unspecified atom stereocenters. The van der Waals surface area contributed by atoms with Crippen molar-refractivity contribution < 1.29 is 15.0 Å². The van der Waals surface area contributed by atoms with Crippen molar-refractivity contribution >= 4 is 29.3 Å². The van der Waals surface area contributed by atoms with Crippen LogP contribution in [0.3, 0.4) is 0 Å². The van der Waals surface area contributed by atoms with Crippen LogP contribution in [-0.2, 0) is 13.0 Å². The number of pyridine rings is 1. The lowest BCUT2D eigenvalue weighted by Gasteiger charge is -2.11. The maximum atomic E-state index is 12.1. The molecule has 4 N–H and O–H groups in total. The SMILES string of the molecule is CNC1Cc2cc3cc(-c4[nH]c(=O)c(C(=O)O)c(O)c4C)ccc3n2C1.Cl. The number of rotatable bonds is 3. The Morgan fingerprint density at radius 2 is 2.07 bits per heavy atom. The van der Waals surface area contributed by atoms with Crippen LogP contribution in [0.1, 0.15) is 21.6 Å². The lowest BCUT2D eigenvalue weighted by Crippen LogP contribution is -2.26. The number of likely N-dealkylation sites (N-methyl/N-ethyl adjacent to an activating group) is 1. The number of fused-ring (bicyclic) bond motifs is 3. The van der Waals surface area contributed by atoms with E-state index in [1.165, 1.54) is 5.69 Å². The molecule has 7 nitrogen and oxygen atoms in total. The topological polar surface area (TPSA) is 107 Å². The first-order valence-electron chi connectivity index (χ1n) is 8.39. The minimum atomic E-state index is -1.45. The number of aromatic hydroxyl groups is 1. The van der Waals surface area contributed by atoms with Gasteiger partial charge >= 0.3 is 5.97 Å². The molecule has 0 bridgehead atoms. The van der Waals surface area contributed by atoms with Gasteiger partial charge in [-0.25, -0.2) is 4.79 Å². The van der Waals surface area contributed by atoms with Crippen LogP contribution < -0.4 is 10.9 Å². The summed E-state index contributed by atoms with van der Waals surface area (Å²) in [4.78, 5) is 25.8. The minimum Gasteiger partial charge on any atom is -0.506 e. The fourth-order valence-corrected chi connectivity index (χ4v) is 3.77. The van der Waals surface area contributed by atoms with Crippen molar-refractivity contribution in [1.29, 1.82) is 0 Å². The summed E-state index contributed by atoms with van der Waals surface area (Å²) in [7, 11) is 1.96. The number of carboxylic acid groups (broad SMARTS) is 1. The maximum absolute atomic E-state index is 12.1. The van der Waals surface area contributed by atoms with Crippen molar-refractivity contribution in [3.05, 3.63) is 51.4 Å². The highest BCUT2D eigenvalue weighted by Gasteiger charge is 2.23. The van der Waals surface area contributed by atoms with Crippen LogP contribution in [0.4, 0.5) is 0 Å². The number of carboxylic acids is 1. The lowest BCUT2D eigenvalue weighted by molar-refractivity contribution is 0.0691. The molecule has 0 radical (unpaired) electrons. The lowest BCUT2D eigenvalue weighted by atomic mass is 10.0. The number of H-pyrrole nitrogens is 1. The molecule has 1 atom stereocenters. The molecule has 2 aromatic heterocycles. The molecule has 0 saturated carbocycles. The molecular weight excluding hydrogens is 370 g/mol. The van der Waals surface area contributed by atoms with E-state index in [0.29, 0.717) is 17.3 Å². The fourth-order valence-electron chi connectivity index (χ4n) is 3.77. The van der Waals surface area contributed by atoms with E-state index in [0.717, 1.165) is 29.4 Å². The van der Waals surface area contributed by atoms with Crippen LogP contribution in [0.15, 0.2) is 29.1 Å². The zero-order chi connectivity index (χ0) is 18.6. The maximum Gasteiger partial charge on any atom is 0.345 e. The quantitative estimate of drug-likeness (QED) is 0.549. The van der Waals surface area contributed by atoms with Gasteiger partial charge in [0.25, 0.3) is 5.56 Å². The number of carbonyl (C=O) groups is 1. The average molecular weight is 390 g/mol. The zero-order valence-corrected chi connectivity index (χ0v) is 15.7. The van der Waals surface area contributed by atoms with Crippen LogP contribution in [-0.4, -0.2) is 38.8 Å². The van der Waals surface area contributed by atoms with E-state index in [9.17, 15) is 14.7 Å². The molecule has 0 spiro atoms. The smallest absolute Gasteiger partial charge is 0.345 e. The molecule has 3 aromatic rings. The van der Waals surface area contributed by atoms with Gasteiger partial charge in [-0.15, -0.1) is 12.4 Å². The summed E-state index contributed by atoms with van der Waals surface area (Å²) in [6, 6.07) is 8.39. The minimum absolute atomic E-state index is 0. The van der Waals surface area contributed by atoms with Crippen LogP contribution in [0.25, 0.3) is 22.2 Å². The van der Waals surface area contributed by atoms with Crippen LogP contribution >= 0.6 is 12.4 Å². The molecule has 0 saturated heterocycles. The third-order valence-electron chi connectivity index (χ3n) is 5.19. The fraction of sp³-hybridized carbons (Fsp3) is 0.263. The molecule has 142 valence electrons. The van der Waals surface area contributed by atoms with E-state index in [2.05, 4.69) is 20.9 Å². The van der Waals surface area contributed by atoms with E-state index in [1.807, 2.05) is 25.2 Å². The van der Waals surface area contributed by atoms with E-state index in [4.69, 9.17) is 5.11 Å². The Labute approximate surface area is 161 Å². The molecule has 3 heterocycles. The number of nitrogens with zero attached hydrogens (tertiary/aromatic N) is 1. The standard InChI is InChI=1S/C19H19N3O4.ClH/c1-9-16(21-18(24)15(17(9)23)19(25)26)10-3-4-14-11(5-10)6-13-7-12(20-2)8-22(13)14;/h3-6,12,20H,7-8H2,1-2H3,(H,25,26)(H2,21,23,24);1H. The summed E-state index contributed by atoms with van der Waals surface area (Å²) in [5.41, 5.74) is 2.43.